The van der Waals surface area contributed by atoms with Crippen LogP contribution < -0.4 is 19.7 Å². The predicted molar refractivity (Wildman–Crippen MR) is 253 cm³/mol. The molecule has 0 aliphatic heterocycles. The molecule has 7 rings (SSSR count). The summed E-state index contributed by atoms with van der Waals surface area (Å²) in [5, 5.41) is 2.87. The van der Waals surface area contributed by atoms with Crippen LogP contribution in [-0.4, -0.2) is 87.1 Å². The van der Waals surface area contributed by atoms with Crippen LogP contribution in [0.4, 0.5) is 18.9 Å². The van der Waals surface area contributed by atoms with Gasteiger partial charge in [0.25, 0.3) is 0 Å². The number of esters is 2. The minimum Gasteiger partial charge on any atom is -0.493 e. The van der Waals surface area contributed by atoms with E-state index in [1.165, 1.54) is 38.5 Å². The van der Waals surface area contributed by atoms with Crippen LogP contribution in [0.3, 0.4) is 0 Å². The molecule has 1 saturated carbocycles. The van der Waals surface area contributed by atoms with E-state index in [0.717, 1.165) is 60.1 Å². The lowest BCUT2D eigenvalue weighted by atomic mass is 9.59. The third-order valence-electron chi connectivity index (χ3n) is 14.4. The summed E-state index contributed by atoms with van der Waals surface area (Å²) in [6, 6.07) is 21.6. The Labute approximate surface area is 406 Å². The zero-order chi connectivity index (χ0) is 49.5. The summed E-state index contributed by atoms with van der Waals surface area (Å²) in [6.07, 6.45) is 0.466. The van der Waals surface area contributed by atoms with Crippen molar-refractivity contribution in [3.63, 3.8) is 0 Å². The summed E-state index contributed by atoms with van der Waals surface area (Å²) in [5.74, 6) is -2.51. The molecule has 12 nitrogen and oxygen atoms in total. The number of benzene rings is 3. The Hall–Kier alpha value is -5.67. The van der Waals surface area contributed by atoms with Gasteiger partial charge in [-0.1, -0.05) is 67.9 Å². The van der Waals surface area contributed by atoms with Crippen LogP contribution in [0.1, 0.15) is 99.1 Å². The second-order valence-corrected chi connectivity index (χ2v) is 19.3. The topological polar surface area (TPSA) is 143 Å². The maximum absolute atomic E-state index is 14.6. The summed E-state index contributed by atoms with van der Waals surface area (Å²) in [5.41, 5.74) is 2.22. The average molecular weight is 977 g/mol. The second kappa shape index (κ2) is 22.0. The molecule has 2 amide bonds. The van der Waals surface area contributed by atoms with Crippen LogP contribution in [0.25, 0.3) is 0 Å². The Morgan fingerprint density at radius 3 is 2.35 bits per heavy atom. The number of alkyl halides is 3. The maximum Gasteiger partial charge on any atom is 0.471 e. The average Bonchev–Trinajstić information content (AvgIpc) is 3.62. The first-order valence-electron chi connectivity index (χ1n) is 23.6. The number of ether oxygens (including phenoxy) is 5. The van der Waals surface area contributed by atoms with E-state index in [9.17, 15) is 32.3 Å². The van der Waals surface area contributed by atoms with Crippen molar-refractivity contribution in [2.24, 2.45) is 11.8 Å². The standard InChI is InChI=1S/C53H61ClF3N3O9/c1-33(31-69-45-19-24-58-43-16-9-11-34(2)47(43)45)25-37-27-36-17-18-40(68-32-41(65-3)30-46(61)59-44(48(62)66-4)26-35-12-7-6-8-13-35)29-42(36)51(37)20-22-52(23-21-51,50(64)67-5)60(49(63)53(55,56)57)39-15-10-14-38(54)28-39/h6-8,10,12-15,17-19,24,28-29,33-34,37,41,44H,9,11,16,20-23,25-27,30-32H2,1-5H3,(H,59,61)/t33-,34-,37+,41?,44-,51?,52?/m1/s1. The molecule has 1 aromatic heterocycles. The van der Waals surface area contributed by atoms with Crippen LogP contribution in [0, 0.1) is 11.8 Å². The molecule has 0 bridgehead atoms. The van der Waals surface area contributed by atoms with Gasteiger partial charge in [-0.05, 0) is 134 Å². The van der Waals surface area contributed by atoms with Gasteiger partial charge in [-0.15, -0.1) is 0 Å². The summed E-state index contributed by atoms with van der Waals surface area (Å²) >= 11 is 6.29. The molecule has 3 aromatic carbocycles. The first-order chi connectivity index (χ1) is 33.0. The third kappa shape index (κ3) is 11.4. The van der Waals surface area contributed by atoms with Crippen LogP contribution in [0.5, 0.6) is 11.5 Å². The van der Waals surface area contributed by atoms with E-state index in [2.05, 4.69) is 24.1 Å². The number of halogens is 4. The Kier molecular flexibility index (Phi) is 16.3. The normalized spacial score (nSPS) is 22.0. The number of carbonyl (C=O) groups is 4. The number of aromatic nitrogens is 1. The Morgan fingerprint density at radius 1 is 0.913 bits per heavy atom. The van der Waals surface area contributed by atoms with Crippen molar-refractivity contribution >= 4 is 41.0 Å². The molecule has 3 aliphatic carbocycles. The van der Waals surface area contributed by atoms with Gasteiger partial charge in [0.05, 0.1) is 33.4 Å². The zero-order valence-electron chi connectivity index (χ0n) is 39.7. The minimum absolute atomic E-state index is 0.0218. The molecule has 69 heavy (non-hydrogen) atoms. The molecule has 370 valence electrons. The summed E-state index contributed by atoms with van der Waals surface area (Å²) in [6.45, 7) is 4.73. The van der Waals surface area contributed by atoms with Crippen LogP contribution in [0.15, 0.2) is 85.1 Å². The smallest absolute Gasteiger partial charge is 0.471 e. The van der Waals surface area contributed by atoms with Crippen LogP contribution in [-0.2, 0) is 58.1 Å². The maximum atomic E-state index is 14.6. The van der Waals surface area contributed by atoms with Crippen molar-refractivity contribution in [2.75, 3.05) is 39.4 Å². The fourth-order valence-corrected chi connectivity index (χ4v) is 11.2. The second-order valence-electron chi connectivity index (χ2n) is 18.8. The quantitative estimate of drug-likeness (QED) is 0.0959. The number of methoxy groups -OCH3 is 3. The predicted octanol–water partition coefficient (Wildman–Crippen LogP) is 9.46. The molecule has 4 aromatic rings. The number of pyridine rings is 1. The Morgan fingerprint density at radius 2 is 1.67 bits per heavy atom. The van der Waals surface area contributed by atoms with Crippen molar-refractivity contribution in [3.8, 4) is 11.5 Å². The van der Waals surface area contributed by atoms with Gasteiger partial charge >= 0.3 is 24.0 Å². The largest absolute Gasteiger partial charge is 0.493 e. The van der Waals surface area contributed by atoms with Gasteiger partial charge in [-0.2, -0.15) is 13.2 Å². The fraction of sp³-hybridized carbons (Fsp3) is 0.491. The molecule has 5 atom stereocenters. The number of anilines is 1. The molecule has 1 N–H and O–H groups in total. The van der Waals surface area contributed by atoms with Crippen molar-refractivity contribution in [1.29, 1.82) is 0 Å². The molecule has 1 fully saturated rings. The van der Waals surface area contributed by atoms with Gasteiger partial charge < -0.3 is 29.0 Å². The number of rotatable bonds is 18. The van der Waals surface area contributed by atoms with Crippen LogP contribution in [0.2, 0.25) is 5.02 Å². The number of nitrogens with one attached hydrogen (secondary N) is 1. The van der Waals surface area contributed by atoms with E-state index in [1.54, 1.807) is 6.20 Å². The zero-order valence-corrected chi connectivity index (χ0v) is 40.5. The van der Waals surface area contributed by atoms with Gasteiger partial charge in [-0.25, -0.2) is 9.59 Å². The van der Waals surface area contributed by atoms with Gasteiger partial charge in [0, 0.05) is 41.7 Å². The van der Waals surface area contributed by atoms with Crippen LogP contribution >= 0.6 is 11.6 Å². The van der Waals surface area contributed by atoms with Gasteiger partial charge in [0.1, 0.15) is 29.7 Å². The lowest BCUT2D eigenvalue weighted by Gasteiger charge is -2.51. The van der Waals surface area contributed by atoms with E-state index in [-0.39, 0.29) is 67.7 Å². The Bertz CT molecular complexity index is 2460. The highest BCUT2D eigenvalue weighted by molar-refractivity contribution is 6.31. The number of fused-ring (bicyclic) bond motifs is 3. The summed E-state index contributed by atoms with van der Waals surface area (Å²) < 4.78 is 72.5. The summed E-state index contributed by atoms with van der Waals surface area (Å²) in [4.78, 5) is 58.7. The first kappa shape index (κ1) is 51.2. The van der Waals surface area contributed by atoms with Gasteiger partial charge in [0.2, 0.25) is 5.91 Å². The number of amides is 2. The molecule has 0 radical (unpaired) electrons. The van der Waals surface area contributed by atoms with E-state index < -0.39 is 53.0 Å². The van der Waals surface area contributed by atoms with E-state index in [4.69, 9.17) is 35.3 Å². The Balaban J connectivity index is 1.15. The molecule has 3 aliphatic rings. The van der Waals surface area contributed by atoms with Crippen molar-refractivity contribution < 1.29 is 56.0 Å². The number of nitrogens with zero attached hydrogens (tertiary/aromatic N) is 2. The molecule has 1 spiro atoms. The molecule has 16 heteroatoms. The lowest BCUT2D eigenvalue weighted by Crippen LogP contribution is -2.63. The highest BCUT2D eigenvalue weighted by Gasteiger charge is 2.60. The molecular formula is C53H61ClF3N3O9. The van der Waals surface area contributed by atoms with Gasteiger partial charge in [0.15, 0.2) is 0 Å². The van der Waals surface area contributed by atoms with Crippen molar-refractivity contribution in [2.45, 2.75) is 120 Å². The SMILES string of the molecule is COC(=O)[C@@H](Cc1ccccc1)NC(=O)CC(COc1ccc2c(c1)C1(CCC(C(=O)OC)(N(C(=O)C(F)(F)F)c3cccc(Cl)c3)CC1)[C@@H](C[C@@H](C)COc1ccnc3c1[C@H](C)CCC3)C2)OC. The molecule has 0 saturated heterocycles. The van der Waals surface area contributed by atoms with Crippen molar-refractivity contribution in [1.82, 2.24) is 10.3 Å². The van der Waals surface area contributed by atoms with Gasteiger partial charge in [-0.3, -0.25) is 19.5 Å². The first-order valence-corrected chi connectivity index (χ1v) is 24.0. The monoisotopic (exact) mass is 975 g/mol. The fourth-order valence-electron chi connectivity index (χ4n) is 11.0. The number of hydrogen-bond donors (Lipinski definition) is 1. The number of carbonyl (C=O) groups excluding carboxylic acids is 4. The molecule has 1 unspecified atom stereocenters. The molecule has 1 heterocycles. The van der Waals surface area contributed by atoms with E-state index in [1.807, 2.05) is 54.6 Å². The third-order valence-corrected chi connectivity index (χ3v) is 14.6. The highest BCUT2D eigenvalue weighted by atomic mass is 35.5. The lowest BCUT2D eigenvalue weighted by molar-refractivity contribution is -0.174. The number of hydrogen-bond acceptors (Lipinski definition) is 10. The molecular weight excluding hydrogens is 915 g/mol. The minimum atomic E-state index is -5.32. The van der Waals surface area contributed by atoms with E-state index >= 15 is 0 Å². The van der Waals surface area contributed by atoms with E-state index in [0.29, 0.717) is 36.0 Å². The number of aryl methyl sites for hydroxylation is 1. The highest BCUT2D eigenvalue weighted by Crippen LogP contribution is 2.58. The van der Waals surface area contributed by atoms with Crippen molar-refractivity contribution in [3.05, 3.63) is 118 Å². The summed E-state index contributed by atoms with van der Waals surface area (Å²) in [7, 11) is 3.84.